The second kappa shape index (κ2) is 15.2. The van der Waals surface area contributed by atoms with Crippen LogP contribution in [-0.4, -0.2) is 35.5 Å². The summed E-state index contributed by atoms with van der Waals surface area (Å²) in [5, 5.41) is 7.93. The van der Waals surface area contributed by atoms with Crippen molar-refractivity contribution in [3.05, 3.63) is 126 Å². The van der Waals surface area contributed by atoms with E-state index >= 15 is 0 Å². The highest BCUT2D eigenvalue weighted by Gasteiger charge is 2.18. The van der Waals surface area contributed by atoms with Gasteiger partial charge in [-0.1, -0.05) is 42.5 Å². The molecule has 0 aliphatic rings. The Labute approximate surface area is 259 Å². The van der Waals surface area contributed by atoms with Crippen molar-refractivity contribution >= 4 is 52.8 Å². The van der Waals surface area contributed by atoms with Crippen LogP contribution in [0.25, 0.3) is 6.08 Å². The van der Waals surface area contributed by atoms with E-state index in [9.17, 15) is 19.2 Å². The molecule has 1 unspecified atom stereocenters. The zero-order chi connectivity index (χ0) is 31.5. The summed E-state index contributed by atoms with van der Waals surface area (Å²) in [6, 6.07) is 29.2. The minimum absolute atomic E-state index is 0.0270. The van der Waals surface area contributed by atoms with E-state index in [0.29, 0.717) is 40.4 Å². The predicted octanol–water partition coefficient (Wildman–Crippen LogP) is 5.71. The van der Waals surface area contributed by atoms with Crippen LogP contribution < -0.4 is 26.4 Å². The zero-order valence-corrected chi connectivity index (χ0v) is 25.0. The average molecular weight is 609 g/mol. The number of benzene rings is 4. The maximum atomic E-state index is 13.5. The van der Waals surface area contributed by atoms with E-state index in [-0.39, 0.29) is 11.6 Å². The monoisotopic (exact) mass is 608 g/mol. The Hall–Kier alpha value is -5.35. The third kappa shape index (κ3) is 8.83. The normalized spacial score (nSPS) is 11.6. The zero-order valence-electron chi connectivity index (χ0n) is 24.2. The number of primary amides is 1. The van der Waals surface area contributed by atoms with E-state index in [2.05, 4.69) is 16.0 Å². The number of thioether (sulfide) groups is 1. The Kier molecular flexibility index (Phi) is 10.9. The van der Waals surface area contributed by atoms with Gasteiger partial charge in [0.05, 0.1) is 11.9 Å². The number of rotatable bonds is 12. The van der Waals surface area contributed by atoms with Gasteiger partial charge in [-0.05, 0) is 80.6 Å². The fourth-order valence-corrected chi connectivity index (χ4v) is 4.98. The Morgan fingerprint density at radius 1 is 0.818 bits per heavy atom. The topological polar surface area (TPSA) is 140 Å². The van der Waals surface area contributed by atoms with E-state index in [1.165, 1.54) is 11.8 Å². The highest BCUT2D eigenvalue weighted by atomic mass is 32.2. The molecule has 44 heavy (non-hydrogen) atoms. The molecule has 4 rings (SSSR count). The van der Waals surface area contributed by atoms with Crippen LogP contribution in [0.2, 0.25) is 0 Å². The Balaban J connectivity index is 1.49. The number of nitrogens with one attached hydrogen (secondary N) is 3. The van der Waals surface area contributed by atoms with Gasteiger partial charge in [0.15, 0.2) is 0 Å². The van der Waals surface area contributed by atoms with Crippen molar-refractivity contribution in [1.82, 2.24) is 5.32 Å². The largest absolute Gasteiger partial charge is 0.493 e. The van der Waals surface area contributed by atoms with Gasteiger partial charge in [0, 0.05) is 33.0 Å². The van der Waals surface area contributed by atoms with E-state index in [1.54, 1.807) is 97.9 Å². The van der Waals surface area contributed by atoms with Crippen LogP contribution >= 0.6 is 11.8 Å². The molecule has 224 valence electrons. The molecule has 0 radical (unpaired) electrons. The molecule has 0 saturated heterocycles. The third-order valence-corrected chi connectivity index (χ3v) is 7.35. The molecule has 10 heteroatoms. The second-order valence-corrected chi connectivity index (χ2v) is 10.9. The van der Waals surface area contributed by atoms with Crippen molar-refractivity contribution in [3.63, 3.8) is 0 Å². The lowest BCUT2D eigenvalue weighted by Crippen LogP contribution is -2.30. The molecule has 0 saturated carbocycles. The first-order valence-electron chi connectivity index (χ1n) is 13.8. The van der Waals surface area contributed by atoms with Gasteiger partial charge in [0.25, 0.3) is 11.8 Å². The fourth-order valence-electron chi connectivity index (χ4n) is 4.05. The summed E-state index contributed by atoms with van der Waals surface area (Å²) in [6.45, 7) is 4.06. The van der Waals surface area contributed by atoms with Gasteiger partial charge in [-0.2, -0.15) is 0 Å². The van der Waals surface area contributed by atoms with Gasteiger partial charge < -0.3 is 26.4 Å². The molecule has 5 N–H and O–H groups in total. The van der Waals surface area contributed by atoms with Crippen LogP contribution in [0.5, 0.6) is 5.75 Å². The van der Waals surface area contributed by atoms with E-state index in [4.69, 9.17) is 10.5 Å². The van der Waals surface area contributed by atoms with Crippen LogP contribution in [0.4, 0.5) is 11.4 Å². The Morgan fingerprint density at radius 3 is 2.23 bits per heavy atom. The van der Waals surface area contributed by atoms with Gasteiger partial charge in [-0.15, -0.1) is 11.8 Å². The Bertz CT molecular complexity index is 1670. The first-order chi connectivity index (χ1) is 21.2. The predicted molar refractivity (Wildman–Crippen MR) is 173 cm³/mol. The number of hydrogen-bond acceptors (Lipinski definition) is 6. The molecule has 9 nitrogen and oxygen atoms in total. The summed E-state index contributed by atoms with van der Waals surface area (Å²) < 4.78 is 5.71. The van der Waals surface area contributed by atoms with Crippen molar-refractivity contribution < 1.29 is 23.9 Å². The molecule has 0 heterocycles. The molecule has 4 amide bonds. The number of carbonyl (C=O) groups is 4. The second-order valence-electron chi connectivity index (χ2n) is 9.52. The van der Waals surface area contributed by atoms with Gasteiger partial charge in [0.1, 0.15) is 11.4 Å². The quantitative estimate of drug-likeness (QED) is 0.120. The molecule has 0 fully saturated rings. The number of carbonyl (C=O) groups excluding carboxylic acids is 4. The lowest BCUT2D eigenvalue weighted by Gasteiger charge is -2.15. The number of nitrogens with two attached hydrogens (primary N) is 1. The minimum atomic E-state index is -0.546. The molecule has 4 aromatic rings. The van der Waals surface area contributed by atoms with Crippen LogP contribution in [0.3, 0.4) is 0 Å². The number of amides is 4. The summed E-state index contributed by atoms with van der Waals surface area (Å²) in [6.07, 6.45) is 1.57. The molecule has 0 spiro atoms. The van der Waals surface area contributed by atoms with Gasteiger partial charge in [-0.25, -0.2) is 0 Å². The molecule has 0 aliphatic carbocycles. The molecular formula is C34H32N4O5S. The number of anilines is 2. The van der Waals surface area contributed by atoms with Gasteiger partial charge in [0.2, 0.25) is 11.8 Å². The Morgan fingerprint density at radius 2 is 1.52 bits per heavy atom. The van der Waals surface area contributed by atoms with Crippen molar-refractivity contribution in [2.45, 2.75) is 24.0 Å². The summed E-state index contributed by atoms with van der Waals surface area (Å²) in [4.78, 5) is 51.4. The van der Waals surface area contributed by atoms with E-state index in [1.807, 2.05) is 25.1 Å². The summed E-state index contributed by atoms with van der Waals surface area (Å²) in [7, 11) is 0. The molecule has 1 atom stereocenters. The maximum absolute atomic E-state index is 13.5. The summed E-state index contributed by atoms with van der Waals surface area (Å²) in [5.41, 5.74) is 7.69. The van der Waals surface area contributed by atoms with E-state index < -0.39 is 23.0 Å². The third-order valence-electron chi connectivity index (χ3n) is 6.26. The molecule has 0 bridgehead atoms. The number of para-hydroxylation sites is 1. The number of hydrogen-bond donors (Lipinski definition) is 4. The van der Waals surface area contributed by atoms with Crippen molar-refractivity contribution in [2.24, 2.45) is 5.73 Å². The lowest BCUT2D eigenvalue weighted by atomic mass is 10.1. The van der Waals surface area contributed by atoms with Crippen molar-refractivity contribution in [1.29, 1.82) is 0 Å². The smallest absolute Gasteiger partial charge is 0.272 e. The summed E-state index contributed by atoms with van der Waals surface area (Å²) >= 11 is 1.31. The first-order valence-corrected chi connectivity index (χ1v) is 14.7. The van der Waals surface area contributed by atoms with Crippen LogP contribution in [-0.2, 0) is 9.59 Å². The molecule has 4 aromatic carbocycles. The van der Waals surface area contributed by atoms with Crippen molar-refractivity contribution in [2.75, 3.05) is 17.2 Å². The summed E-state index contributed by atoms with van der Waals surface area (Å²) in [5.74, 6) is -1.18. The van der Waals surface area contributed by atoms with E-state index in [0.717, 1.165) is 4.90 Å². The van der Waals surface area contributed by atoms with Crippen LogP contribution in [0, 0.1) is 0 Å². The molecule has 0 aliphatic heterocycles. The minimum Gasteiger partial charge on any atom is -0.493 e. The maximum Gasteiger partial charge on any atom is 0.272 e. The van der Waals surface area contributed by atoms with Crippen LogP contribution in [0.15, 0.2) is 114 Å². The van der Waals surface area contributed by atoms with Crippen LogP contribution in [0.1, 0.15) is 40.1 Å². The van der Waals surface area contributed by atoms with Gasteiger partial charge in [-0.3, -0.25) is 19.2 Å². The average Bonchev–Trinajstić information content (AvgIpc) is 3.02. The molecule has 0 aromatic heterocycles. The first kappa shape index (κ1) is 31.6. The van der Waals surface area contributed by atoms with Gasteiger partial charge >= 0.3 is 0 Å². The number of ether oxygens (including phenoxy) is 1. The fraction of sp³-hybridized carbons (Fsp3) is 0.118. The lowest BCUT2D eigenvalue weighted by molar-refractivity contribution is -0.115. The van der Waals surface area contributed by atoms with Crippen molar-refractivity contribution in [3.8, 4) is 5.75 Å². The molecular weight excluding hydrogens is 576 g/mol. The standard InChI is InChI=1S/C34H32N4O5S/c1-3-43-30-15-8-7-12-25(30)20-29(38-33(41)24-10-5-4-6-11-24)34(42)37-27-13-9-14-28(21-27)44-22(2)32(40)36-26-18-16-23(17-19-26)31(35)39/h4-22H,3H2,1-2H3,(H2,35,39)(H,36,40)(H,37,42)(H,38,41)/b29-20+. The highest BCUT2D eigenvalue weighted by Crippen LogP contribution is 2.27. The highest BCUT2D eigenvalue weighted by molar-refractivity contribution is 8.00. The SMILES string of the molecule is CCOc1ccccc1/C=C(/NC(=O)c1ccccc1)C(=O)Nc1cccc(SC(C)C(=O)Nc2ccc(C(N)=O)cc2)c1.